The molecule has 1 aromatic heterocycles. The molecule has 0 aliphatic carbocycles. The predicted octanol–water partition coefficient (Wildman–Crippen LogP) is 3.68. The molecule has 1 aromatic carbocycles. The Hall–Kier alpha value is -1.79. The second-order valence-corrected chi connectivity index (χ2v) is 6.24. The van der Waals surface area contributed by atoms with Gasteiger partial charge in [-0.1, -0.05) is 18.2 Å². The smallest absolute Gasteiger partial charge is 0.201 e. The molecule has 0 unspecified atom stereocenters. The minimum absolute atomic E-state index is 0.573. The van der Waals surface area contributed by atoms with E-state index in [9.17, 15) is 0 Å². The number of rotatable bonds is 1. The number of hydrazine groups is 1. The molecule has 7 heteroatoms. The molecule has 0 atom stereocenters. The molecule has 2 aliphatic rings. The van der Waals surface area contributed by atoms with E-state index < -0.39 is 0 Å². The first kappa shape index (κ1) is 13.8. The van der Waals surface area contributed by atoms with E-state index in [0.717, 1.165) is 42.6 Å². The van der Waals surface area contributed by atoms with Crippen LogP contribution in [0.2, 0.25) is 5.02 Å². The molecule has 4 rings (SSSR count). The SMILES string of the molecule is C=C1N(c2ccc(Cl)c3nc(C)oc23)C(=S)N2CCCCN12. The topological polar surface area (TPSA) is 35.8 Å². The van der Waals surface area contributed by atoms with Crippen LogP contribution in [0.1, 0.15) is 18.7 Å². The first-order valence-electron chi connectivity index (χ1n) is 7.21. The summed E-state index contributed by atoms with van der Waals surface area (Å²) in [4.78, 5) is 6.31. The molecule has 2 saturated heterocycles. The van der Waals surface area contributed by atoms with Gasteiger partial charge in [-0.2, -0.15) is 0 Å². The van der Waals surface area contributed by atoms with E-state index in [0.29, 0.717) is 22.0 Å². The summed E-state index contributed by atoms with van der Waals surface area (Å²) in [5.74, 6) is 1.43. The summed E-state index contributed by atoms with van der Waals surface area (Å²) in [7, 11) is 0. The van der Waals surface area contributed by atoms with Crippen LogP contribution in [0.5, 0.6) is 0 Å². The van der Waals surface area contributed by atoms with Crippen molar-refractivity contribution in [2.75, 3.05) is 18.0 Å². The Morgan fingerprint density at radius 2 is 2.00 bits per heavy atom. The van der Waals surface area contributed by atoms with Gasteiger partial charge in [-0.25, -0.2) is 4.98 Å². The number of aromatic nitrogens is 1. The van der Waals surface area contributed by atoms with Gasteiger partial charge in [-0.15, -0.1) is 0 Å². The summed E-state index contributed by atoms with van der Waals surface area (Å²) in [5, 5.41) is 5.53. The Balaban J connectivity index is 1.87. The maximum absolute atomic E-state index is 6.23. The third-order valence-electron chi connectivity index (χ3n) is 4.07. The van der Waals surface area contributed by atoms with Crippen LogP contribution >= 0.6 is 23.8 Å². The maximum Gasteiger partial charge on any atom is 0.201 e. The summed E-state index contributed by atoms with van der Waals surface area (Å²) >= 11 is 11.9. The van der Waals surface area contributed by atoms with Crippen molar-refractivity contribution in [3.05, 3.63) is 35.4 Å². The van der Waals surface area contributed by atoms with Gasteiger partial charge in [0, 0.05) is 20.0 Å². The van der Waals surface area contributed by atoms with Crippen LogP contribution in [0.15, 0.2) is 28.9 Å². The molecule has 114 valence electrons. The summed E-state index contributed by atoms with van der Waals surface area (Å²) in [6.07, 6.45) is 2.28. The zero-order valence-corrected chi connectivity index (χ0v) is 13.7. The number of anilines is 1. The highest BCUT2D eigenvalue weighted by molar-refractivity contribution is 7.80. The lowest BCUT2D eigenvalue weighted by atomic mass is 10.2. The second-order valence-electron chi connectivity index (χ2n) is 5.46. The average Bonchev–Trinajstić information content (AvgIpc) is 3.02. The fourth-order valence-electron chi connectivity index (χ4n) is 3.06. The number of halogens is 1. The van der Waals surface area contributed by atoms with Crippen molar-refractivity contribution in [1.29, 1.82) is 0 Å². The number of nitrogens with zero attached hydrogens (tertiary/aromatic N) is 4. The molecule has 2 aliphatic heterocycles. The highest BCUT2D eigenvalue weighted by Crippen LogP contribution is 2.38. The molecule has 0 spiro atoms. The molecule has 22 heavy (non-hydrogen) atoms. The van der Waals surface area contributed by atoms with Gasteiger partial charge in [0.2, 0.25) is 5.11 Å². The van der Waals surface area contributed by atoms with Crippen molar-refractivity contribution in [3.63, 3.8) is 0 Å². The van der Waals surface area contributed by atoms with Crippen LogP contribution in [-0.2, 0) is 0 Å². The Bertz CT molecular complexity index is 778. The average molecular weight is 335 g/mol. The molecule has 2 aromatic rings. The fourth-order valence-corrected chi connectivity index (χ4v) is 3.65. The van der Waals surface area contributed by atoms with Crippen LogP contribution in [0.25, 0.3) is 11.1 Å². The van der Waals surface area contributed by atoms with E-state index in [2.05, 4.69) is 21.6 Å². The quantitative estimate of drug-likeness (QED) is 0.740. The van der Waals surface area contributed by atoms with E-state index in [4.69, 9.17) is 28.2 Å². The zero-order valence-electron chi connectivity index (χ0n) is 12.2. The molecule has 0 N–H and O–H groups in total. The Morgan fingerprint density at radius 1 is 1.27 bits per heavy atom. The second kappa shape index (κ2) is 4.86. The predicted molar refractivity (Wildman–Crippen MR) is 90.6 cm³/mol. The molecular formula is C15H15ClN4OS. The van der Waals surface area contributed by atoms with Gasteiger partial charge in [0.15, 0.2) is 11.5 Å². The van der Waals surface area contributed by atoms with E-state index in [1.807, 2.05) is 24.0 Å². The first-order valence-corrected chi connectivity index (χ1v) is 8.00. The van der Waals surface area contributed by atoms with Gasteiger partial charge >= 0.3 is 0 Å². The lowest BCUT2D eigenvalue weighted by molar-refractivity contribution is 0.0757. The highest BCUT2D eigenvalue weighted by atomic mass is 35.5. The Kier molecular flexibility index (Phi) is 3.06. The molecule has 5 nitrogen and oxygen atoms in total. The maximum atomic E-state index is 6.23. The Labute approximate surface area is 138 Å². The van der Waals surface area contributed by atoms with Crippen LogP contribution in [0.4, 0.5) is 5.69 Å². The molecule has 0 saturated carbocycles. The van der Waals surface area contributed by atoms with E-state index >= 15 is 0 Å². The largest absolute Gasteiger partial charge is 0.439 e. The van der Waals surface area contributed by atoms with Gasteiger partial charge in [-0.05, 0) is 37.2 Å². The van der Waals surface area contributed by atoms with Crippen molar-refractivity contribution in [2.24, 2.45) is 0 Å². The molecule has 3 heterocycles. The summed E-state index contributed by atoms with van der Waals surface area (Å²) in [6, 6.07) is 3.73. The standard InChI is InChI=1S/C15H15ClN4OS/c1-9-17-13-11(16)5-6-12(14(13)21-9)20-10(2)18-7-3-4-8-19(18)15(20)22/h5-6H,2-4,7-8H2,1H3. The minimum Gasteiger partial charge on any atom is -0.439 e. The monoisotopic (exact) mass is 334 g/mol. The van der Waals surface area contributed by atoms with Gasteiger partial charge in [-0.3, -0.25) is 14.9 Å². The van der Waals surface area contributed by atoms with Crippen molar-refractivity contribution in [1.82, 2.24) is 15.0 Å². The fraction of sp³-hybridized carbons (Fsp3) is 0.333. The number of fused-ring (bicyclic) bond motifs is 2. The molecule has 0 bridgehead atoms. The summed E-state index contributed by atoms with van der Waals surface area (Å²) in [6.45, 7) is 7.87. The number of aryl methyl sites for hydroxylation is 1. The molecule has 2 fully saturated rings. The first-order chi connectivity index (χ1) is 10.6. The van der Waals surface area contributed by atoms with E-state index in [1.165, 1.54) is 0 Å². The van der Waals surface area contributed by atoms with Crippen molar-refractivity contribution >= 4 is 45.7 Å². The number of thiocarbonyl (C=S) groups is 1. The number of hydrogen-bond donors (Lipinski definition) is 0. The van der Waals surface area contributed by atoms with Gasteiger partial charge in [0.1, 0.15) is 11.3 Å². The van der Waals surface area contributed by atoms with Crippen LogP contribution in [-0.4, -0.2) is 33.2 Å². The number of oxazole rings is 1. The molecule has 0 amide bonds. The number of benzene rings is 1. The summed E-state index contributed by atoms with van der Waals surface area (Å²) < 4.78 is 5.77. The van der Waals surface area contributed by atoms with Crippen LogP contribution < -0.4 is 4.90 Å². The number of hydrogen-bond acceptors (Lipinski definition) is 4. The lowest BCUT2D eigenvalue weighted by Gasteiger charge is -2.33. The lowest BCUT2D eigenvalue weighted by Crippen LogP contribution is -2.42. The summed E-state index contributed by atoms with van der Waals surface area (Å²) in [5.41, 5.74) is 2.14. The van der Waals surface area contributed by atoms with Crippen molar-refractivity contribution < 1.29 is 4.42 Å². The third kappa shape index (κ3) is 1.84. The Morgan fingerprint density at radius 3 is 2.73 bits per heavy atom. The van der Waals surface area contributed by atoms with Crippen LogP contribution in [0.3, 0.4) is 0 Å². The zero-order chi connectivity index (χ0) is 15.4. The minimum atomic E-state index is 0.573. The van der Waals surface area contributed by atoms with Gasteiger partial charge in [0.25, 0.3) is 0 Å². The van der Waals surface area contributed by atoms with Crippen molar-refractivity contribution in [2.45, 2.75) is 19.8 Å². The van der Waals surface area contributed by atoms with Crippen LogP contribution in [0, 0.1) is 6.92 Å². The molecular weight excluding hydrogens is 320 g/mol. The molecule has 0 radical (unpaired) electrons. The normalized spacial score (nSPS) is 18.5. The van der Waals surface area contributed by atoms with E-state index in [-0.39, 0.29) is 0 Å². The third-order valence-corrected chi connectivity index (χ3v) is 4.77. The van der Waals surface area contributed by atoms with Crippen molar-refractivity contribution in [3.8, 4) is 0 Å². The van der Waals surface area contributed by atoms with E-state index in [1.54, 1.807) is 0 Å². The van der Waals surface area contributed by atoms with Gasteiger partial charge in [0.05, 0.1) is 10.7 Å². The highest BCUT2D eigenvalue weighted by Gasteiger charge is 2.39. The van der Waals surface area contributed by atoms with Gasteiger partial charge < -0.3 is 4.42 Å².